The van der Waals surface area contributed by atoms with E-state index in [1.165, 1.54) is 66.7 Å². The zero-order valence-electron chi connectivity index (χ0n) is 34.5. The average Bonchev–Trinajstić information content (AvgIpc) is 4.12. The van der Waals surface area contributed by atoms with Crippen LogP contribution in [0.15, 0.2) is 144 Å². The van der Waals surface area contributed by atoms with Crippen LogP contribution in [0.2, 0.25) is 0 Å². The van der Waals surface area contributed by atoms with E-state index in [-0.39, 0.29) is 32.5 Å². The first-order valence-corrected chi connectivity index (χ1v) is 26.8. The summed E-state index contributed by atoms with van der Waals surface area (Å²) in [6, 6.07) is 24.9. The van der Waals surface area contributed by atoms with E-state index in [0.717, 1.165) is 18.2 Å². The number of azo groups is 1. The summed E-state index contributed by atoms with van der Waals surface area (Å²) in [5.41, 5.74) is 3.96. The Kier molecular flexibility index (Phi) is 9.23. The van der Waals surface area contributed by atoms with Crippen molar-refractivity contribution in [3.63, 3.8) is 0 Å². The lowest BCUT2D eigenvalue weighted by Crippen LogP contribution is -2.04. The van der Waals surface area contributed by atoms with Gasteiger partial charge in [0.15, 0.2) is 0 Å². The summed E-state index contributed by atoms with van der Waals surface area (Å²) in [4.78, 5) is 0.704. The minimum Gasteiger partial charge on any atom is -0.282 e. The maximum Gasteiger partial charge on any atom is 0.295 e. The first-order valence-electron chi connectivity index (χ1n) is 19.6. The van der Waals surface area contributed by atoms with Gasteiger partial charge in [-0.25, -0.2) is 0 Å². The van der Waals surface area contributed by atoms with Crippen LogP contribution < -0.4 is 0 Å². The fraction of sp³-hybridized carbons (Fsp3) is 0.0244. The summed E-state index contributed by atoms with van der Waals surface area (Å²) < 4.78 is 178. The third-order valence-corrected chi connectivity index (χ3v) is 16.0. The van der Waals surface area contributed by atoms with Crippen molar-refractivity contribution in [1.82, 2.24) is 28.1 Å². The highest BCUT2D eigenvalue weighted by Crippen LogP contribution is 2.39. The SMILES string of the molecule is Cc1cc(-n2n3c4cc(S(=O)(=O)O)c5cc(S(=O)(=O)O)ccc5c4n23)ccc1N=Nc1ccc(/C=C\c2ccc(-n3n4c5ccc6cc(S(=O)(=O)O)ccc6c5n34)cc2S(=O)(=O)O)c(S(=O)(=O)O)c1. The van der Waals surface area contributed by atoms with Gasteiger partial charge in [0.2, 0.25) is 0 Å². The molecule has 11 aromatic rings. The van der Waals surface area contributed by atoms with Crippen LogP contribution in [0.1, 0.15) is 16.7 Å². The Bertz CT molecular complexity index is 4710. The van der Waals surface area contributed by atoms with E-state index in [4.69, 9.17) is 0 Å². The molecule has 0 radical (unpaired) electrons. The van der Waals surface area contributed by atoms with Crippen LogP contribution in [0, 0.1) is 6.92 Å². The number of aromatic nitrogens is 6. The lowest BCUT2D eigenvalue weighted by molar-refractivity contribution is 0.480. The van der Waals surface area contributed by atoms with Gasteiger partial charge in [-0.2, -0.15) is 61.9 Å². The molecular weight excluding hydrogens is 1000 g/mol. The normalized spacial score (nSPS) is 13.8. The van der Waals surface area contributed by atoms with Crippen LogP contribution in [0.25, 0.3) is 67.1 Å². The van der Waals surface area contributed by atoms with E-state index in [9.17, 15) is 64.9 Å². The van der Waals surface area contributed by atoms with Crippen molar-refractivity contribution in [1.29, 1.82) is 0 Å². The fourth-order valence-electron chi connectivity index (χ4n) is 8.40. The minimum absolute atomic E-state index is 0.00678. The zero-order valence-corrected chi connectivity index (χ0v) is 38.6. The molecule has 352 valence electrons. The molecule has 0 saturated heterocycles. The first-order chi connectivity index (χ1) is 32.3. The molecule has 7 aromatic carbocycles. The second kappa shape index (κ2) is 14.4. The van der Waals surface area contributed by atoms with Gasteiger partial charge in [0.1, 0.15) is 36.8 Å². The highest BCUT2D eigenvalue weighted by molar-refractivity contribution is 7.87. The Morgan fingerprint density at radius 3 is 1.58 bits per heavy atom. The second-order valence-electron chi connectivity index (χ2n) is 15.8. The maximum atomic E-state index is 12.7. The highest BCUT2D eigenvalue weighted by atomic mass is 32.2. The molecule has 0 bridgehead atoms. The molecule has 0 spiro atoms. The Morgan fingerprint density at radius 1 is 0.435 bits per heavy atom. The van der Waals surface area contributed by atoms with Gasteiger partial charge in [-0.05, 0) is 108 Å². The van der Waals surface area contributed by atoms with Crippen molar-refractivity contribution in [2.75, 3.05) is 0 Å². The van der Waals surface area contributed by atoms with Crippen molar-refractivity contribution >= 4 is 118 Å². The molecule has 69 heavy (non-hydrogen) atoms. The number of aryl methyl sites for hydroxylation is 1. The maximum absolute atomic E-state index is 12.7. The molecule has 0 fully saturated rings. The van der Waals surface area contributed by atoms with Gasteiger partial charge in [-0.3, -0.25) is 22.8 Å². The van der Waals surface area contributed by atoms with Gasteiger partial charge in [0.25, 0.3) is 50.6 Å². The van der Waals surface area contributed by atoms with E-state index in [1.54, 1.807) is 71.4 Å². The van der Waals surface area contributed by atoms with Crippen molar-refractivity contribution in [2.45, 2.75) is 31.4 Å². The summed E-state index contributed by atoms with van der Waals surface area (Å²) in [6.07, 6.45) is 2.46. The third kappa shape index (κ3) is 7.19. The molecule has 5 N–H and O–H groups in total. The summed E-state index contributed by atoms with van der Waals surface area (Å²) in [5.74, 6) is 0. The predicted molar refractivity (Wildman–Crippen MR) is 246 cm³/mol. The molecule has 28 heteroatoms. The van der Waals surface area contributed by atoms with Crippen LogP contribution in [0.4, 0.5) is 11.4 Å². The molecule has 0 aliphatic carbocycles. The number of fused-ring (bicyclic) bond motifs is 12. The lowest BCUT2D eigenvalue weighted by Gasteiger charge is -2.09. The van der Waals surface area contributed by atoms with Gasteiger partial charge in [0, 0.05) is 16.2 Å². The number of benzene rings is 7. The van der Waals surface area contributed by atoms with Crippen LogP contribution >= 0.6 is 0 Å². The number of nitrogens with zero attached hydrogens (tertiary/aromatic N) is 8. The first kappa shape index (κ1) is 44.3. The van der Waals surface area contributed by atoms with E-state index < -0.39 is 70.2 Å². The smallest absolute Gasteiger partial charge is 0.282 e. The quantitative estimate of drug-likeness (QED) is 0.0518. The van der Waals surface area contributed by atoms with Gasteiger partial charge in [-0.15, -0.1) is 18.5 Å². The predicted octanol–water partition coefficient (Wildman–Crippen LogP) is 6.59. The number of rotatable bonds is 11. The zero-order chi connectivity index (χ0) is 49.1. The Hall–Kier alpha value is -7.25. The second-order valence-corrected chi connectivity index (χ2v) is 22.8. The van der Waals surface area contributed by atoms with Gasteiger partial charge < -0.3 is 0 Å². The monoisotopic (exact) mass is 1030 g/mol. The molecule has 0 atom stereocenters. The largest absolute Gasteiger partial charge is 0.295 e. The average molecular weight is 1030 g/mol. The van der Waals surface area contributed by atoms with Gasteiger partial charge in [-0.1, -0.05) is 42.5 Å². The molecular formula is C41H28N8O15S5. The van der Waals surface area contributed by atoms with E-state index in [0.29, 0.717) is 55.5 Å². The molecule has 0 aliphatic heterocycles. The van der Waals surface area contributed by atoms with E-state index >= 15 is 0 Å². The highest BCUT2D eigenvalue weighted by Gasteiger charge is 2.31. The Balaban J connectivity index is 0.870. The Morgan fingerprint density at radius 2 is 0.971 bits per heavy atom. The van der Waals surface area contributed by atoms with Crippen LogP contribution in [-0.4, -0.2) is 93.0 Å². The molecule has 23 nitrogen and oxygen atoms in total. The standard InChI is InChI=1S/C41H28N8O15S5/c1-22-16-27(44-47-36-21-39(69(62,63)64)33-20-30(66(53,54)55)11-13-32(33)41(36)49(44)47)9-14-34(22)43-42-26-7-4-23(37(18-26)67(56,57)58)2-3-24-5-8-28(19-38(24)68(59,60)61)45-46-35-15-6-25-17-29(65(50,51)52)10-12-31(25)40(35)48(45)46/h2-21H,1H3,(H,50,51,52)(H,53,54,55)(H,56,57,58)(H,59,60,61)(H,62,63,64)/b3-2-,43-42?. The number of hydrogen-bond donors (Lipinski definition) is 5. The molecule has 0 unspecified atom stereocenters. The number of hydrogen-bond acceptors (Lipinski definition) is 12. The van der Waals surface area contributed by atoms with Gasteiger partial charge >= 0.3 is 0 Å². The van der Waals surface area contributed by atoms with E-state index in [1.807, 2.05) is 0 Å². The fourth-order valence-corrected chi connectivity index (χ4v) is 11.5. The summed E-state index contributed by atoms with van der Waals surface area (Å²) in [5, 5.41) is 9.72. The van der Waals surface area contributed by atoms with Crippen LogP contribution in [-0.2, 0) is 50.6 Å². The van der Waals surface area contributed by atoms with Crippen LogP contribution in [0.5, 0.6) is 0 Å². The van der Waals surface area contributed by atoms with Crippen molar-refractivity contribution in [3.8, 4) is 11.4 Å². The molecule has 4 heterocycles. The van der Waals surface area contributed by atoms with E-state index in [2.05, 4.69) is 10.2 Å². The third-order valence-electron chi connectivity index (χ3n) is 11.6. The molecule has 4 aromatic heterocycles. The van der Waals surface area contributed by atoms with Crippen molar-refractivity contribution < 1.29 is 64.9 Å². The minimum atomic E-state index is -4.91. The Labute approximate surface area is 387 Å². The van der Waals surface area contributed by atoms with Crippen molar-refractivity contribution in [3.05, 3.63) is 126 Å². The molecule has 0 aliphatic rings. The van der Waals surface area contributed by atoms with Gasteiger partial charge in [0.05, 0.1) is 32.5 Å². The topological polar surface area (TPSA) is 324 Å². The molecule has 11 rings (SSSR count). The summed E-state index contributed by atoms with van der Waals surface area (Å²) in [6.45, 7) is 1.71. The molecule has 0 amide bonds. The summed E-state index contributed by atoms with van der Waals surface area (Å²) >= 11 is 0. The van der Waals surface area contributed by atoms with Crippen molar-refractivity contribution in [2.24, 2.45) is 10.2 Å². The molecule has 0 saturated carbocycles. The van der Waals surface area contributed by atoms with Crippen LogP contribution in [0.3, 0.4) is 0 Å². The lowest BCUT2D eigenvalue weighted by atomic mass is 10.1. The summed E-state index contributed by atoms with van der Waals surface area (Å²) in [7, 11) is -23.8.